The molecular weight excluding hydrogens is 323 g/mol. The highest BCUT2D eigenvalue weighted by atomic mass is 79.9. The molecule has 0 amide bonds. The number of alkyl halides is 3. The van der Waals surface area contributed by atoms with Gasteiger partial charge in [-0.2, -0.15) is 13.2 Å². The van der Waals surface area contributed by atoms with Gasteiger partial charge in [-0.15, -0.1) is 0 Å². The molecule has 1 aromatic rings. The quantitative estimate of drug-likeness (QED) is 0.826. The second-order valence-electron chi connectivity index (χ2n) is 4.72. The standard InChI is InChI=1S/C12H15BrF3N3/c1-18-2-4-19(5-3-18)8-11-10(12(14,15)16)6-9(13)7-17-11/h6-7H,2-5,8H2,1H3. The van der Waals surface area contributed by atoms with E-state index in [1.54, 1.807) is 0 Å². The van der Waals surface area contributed by atoms with Crippen molar-refractivity contribution < 1.29 is 13.2 Å². The summed E-state index contributed by atoms with van der Waals surface area (Å²) in [5.74, 6) is 0. The van der Waals surface area contributed by atoms with E-state index >= 15 is 0 Å². The third kappa shape index (κ3) is 3.90. The van der Waals surface area contributed by atoms with Gasteiger partial charge in [0.1, 0.15) is 0 Å². The van der Waals surface area contributed by atoms with Crippen molar-refractivity contribution in [2.24, 2.45) is 0 Å². The summed E-state index contributed by atoms with van der Waals surface area (Å²) in [6, 6.07) is 1.10. The summed E-state index contributed by atoms with van der Waals surface area (Å²) < 4.78 is 39.2. The number of hydrogen-bond acceptors (Lipinski definition) is 3. The van der Waals surface area contributed by atoms with Gasteiger partial charge in [0.15, 0.2) is 0 Å². The third-order valence-corrected chi connectivity index (χ3v) is 3.65. The summed E-state index contributed by atoms with van der Waals surface area (Å²) >= 11 is 3.04. The molecular formula is C12H15BrF3N3. The topological polar surface area (TPSA) is 19.4 Å². The van der Waals surface area contributed by atoms with E-state index in [4.69, 9.17) is 0 Å². The molecule has 106 valence electrons. The van der Waals surface area contributed by atoms with Crippen molar-refractivity contribution in [1.29, 1.82) is 0 Å². The number of nitrogens with zero attached hydrogens (tertiary/aromatic N) is 3. The second kappa shape index (κ2) is 5.76. The first-order valence-corrected chi connectivity index (χ1v) is 6.78. The van der Waals surface area contributed by atoms with Gasteiger partial charge >= 0.3 is 6.18 Å². The Hall–Kier alpha value is -0.660. The van der Waals surface area contributed by atoms with Crippen molar-refractivity contribution >= 4 is 15.9 Å². The Morgan fingerprint density at radius 2 is 1.89 bits per heavy atom. The molecule has 1 aliphatic heterocycles. The summed E-state index contributed by atoms with van der Waals surface area (Å²) in [6.07, 6.45) is -2.95. The minimum atomic E-state index is -4.36. The Labute approximate surface area is 118 Å². The normalized spacial score (nSPS) is 18.8. The van der Waals surface area contributed by atoms with Crippen molar-refractivity contribution in [3.8, 4) is 0 Å². The highest BCUT2D eigenvalue weighted by Gasteiger charge is 2.34. The van der Waals surface area contributed by atoms with Crippen LogP contribution in [0.15, 0.2) is 16.7 Å². The number of halogens is 4. The number of likely N-dealkylation sites (N-methyl/N-ethyl adjacent to an activating group) is 1. The van der Waals surface area contributed by atoms with E-state index in [9.17, 15) is 13.2 Å². The van der Waals surface area contributed by atoms with Crippen LogP contribution in [0.25, 0.3) is 0 Å². The van der Waals surface area contributed by atoms with Crippen LogP contribution in [0.4, 0.5) is 13.2 Å². The van der Waals surface area contributed by atoms with Crippen LogP contribution in [0, 0.1) is 0 Å². The fraction of sp³-hybridized carbons (Fsp3) is 0.583. The number of piperazine rings is 1. The van der Waals surface area contributed by atoms with E-state index in [-0.39, 0.29) is 12.2 Å². The van der Waals surface area contributed by atoms with Crippen molar-refractivity contribution in [1.82, 2.24) is 14.8 Å². The average molecular weight is 338 g/mol. The van der Waals surface area contributed by atoms with Gasteiger partial charge in [0.2, 0.25) is 0 Å². The molecule has 2 heterocycles. The largest absolute Gasteiger partial charge is 0.418 e. The molecule has 0 radical (unpaired) electrons. The van der Waals surface area contributed by atoms with Crippen LogP contribution in [0.2, 0.25) is 0 Å². The van der Waals surface area contributed by atoms with Gasteiger partial charge in [-0.1, -0.05) is 0 Å². The summed E-state index contributed by atoms with van der Waals surface area (Å²) in [5, 5.41) is 0. The fourth-order valence-electron chi connectivity index (χ4n) is 2.06. The molecule has 7 heteroatoms. The Balaban J connectivity index is 2.16. The van der Waals surface area contributed by atoms with Crippen LogP contribution < -0.4 is 0 Å². The molecule has 2 rings (SSSR count). The maximum Gasteiger partial charge on any atom is 0.418 e. The predicted molar refractivity (Wildman–Crippen MR) is 69.7 cm³/mol. The zero-order valence-corrected chi connectivity index (χ0v) is 12.1. The first-order chi connectivity index (χ1) is 8.86. The van der Waals surface area contributed by atoms with Crippen LogP contribution in [0.5, 0.6) is 0 Å². The van der Waals surface area contributed by atoms with Gasteiger partial charge < -0.3 is 4.90 Å². The lowest BCUT2D eigenvalue weighted by Gasteiger charge is -2.32. The molecule has 0 spiro atoms. The molecule has 1 aromatic heterocycles. The Kier molecular flexibility index (Phi) is 4.47. The predicted octanol–water partition coefficient (Wildman–Crippen LogP) is 2.61. The number of aromatic nitrogens is 1. The van der Waals surface area contributed by atoms with Crippen molar-refractivity contribution in [3.05, 3.63) is 28.0 Å². The molecule has 0 saturated carbocycles. The lowest BCUT2D eigenvalue weighted by molar-refractivity contribution is -0.138. The molecule has 0 bridgehead atoms. The van der Waals surface area contributed by atoms with Gasteiger partial charge in [-0.25, -0.2) is 0 Å². The summed E-state index contributed by atoms with van der Waals surface area (Å²) in [5.41, 5.74) is -0.555. The van der Waals surface area contributed by atoms with Gasteiger partial charge in [-0.3, -0.25) is 9.88 Å². The average Bonchev–Trinajstić information content (AvgIpc) is 2.33. The minimum Gasteiger partial charge on any atom is -0.304 e. The molecule has 1 saturated heterocycles. The molecule has 0 aliphatic carbocycles. The van der Waals surface area contributed by atoms with Crippen LogP contribution >= 0.6 is 15.9 Å². The smallest absolute Gasteiger partial charge is 0.304 e. The van der Waals surface area contributed by atoms with E-state index in [2.05, 4.69) is 25.8 Å². The Bertz CT molecular complexity index is 442. The molecule has 1 fully saturated rings. The first-order valence-electron chi connectivity index (χ1n) is 5.99. The highest BCUT2D eigenvalue weighted by Crippen LogP contribution is 2.33. The molecule has 19 heavy (non-hydrogen) atoms. The number of hydrogen-bond donors (Lipinski definition) is 0. The maximum absolute atomic E-state index is 13.0. The van der Waals surface area contributed by atoms with E-state index in [0.717, 1.165) is 32.2 Å². The highest BCUT2D eigenvalue weighted by molar-refractivity contribution is 9.10. The molecule has 1 aliphatic rings. The van der Waals surface area contributed by atoms with Crippen LogP contribution in [-0.4, -0.2) is 48.0 Å². The molecule has 3 nitrogen and oxygen atoms in total. The SMILES string of the molecule is CN1CCN(Cc2ncc(Br)cc2C(F)(F)F)CC1. The van der Waals surface area contributed by atoms with Crippen LogP contribution in [0.1, 0.15) is 11.3 Å². The van der Waals surface area contributed by atoms with Crippen molar-refractivity contribution in [3.63, 3.8) is 0 Å². The van der Waals surface area contributed by atoms with Crippen molar-refractivity contribution in [2.75, 3.05) is 33.2 Å². The van der Waals surface area contributed by atoms with E-state index in [1.807, 2.05) is 11.9 Å². The maximum atomic E-state index is 13.0. The van der Waals surface area contributed by atoms with Crippen LogP contribution in [0.3, 0.4) is 0 Å². The minimum absolute atomic E-state index is 0.0975. The molecule has 0 atom stereocenters. The van der Waals surface area contributed by atoms with Gasteiger partial charge in [0.05, 0.1) is 11.3 Å². The number of pyridine rings is 1. The van der Waals surface area contributed by atoms with Gasteiger partial charge in [-0.05, 0) is 29.0 Å². The zero-order chi connectivity index (χ0) is 14.0. The Morgan fingerprint density at radius 1 is 1.26 bits per heavy atom. The van der Waals surface area contributed by atoms with E-state index in [0.29, 0.717) is 4.47 Å². The second-order valence-corrected chi connectivity index (χ2v) is 5.64. The molecule has 0 aromatic carbocycles. The fourth-order valence-corrected chi connectivity index (χ4v) is 2.39. The Morgan fingerprint density at radius 3 is 2.47 bits per heavy atom. The van der Waals surface area contributed by atoms with Gasteiger partial charge in [0, 0.05) is 43.4 Å². The molecule has 0 unspecified atom stereocenters. The molecule has 0 N–H and O–H groups in total. The number of rotatable bonds is 2. The summed E-state index contributed by atoms with van der Waals surface area (Å²) in [6.45, 7) is 3.53. The lowest BCUT2D eigenvalue weighted by Crippen LogP contribution is -2.44. The summed E-state index contributed by atoms with van der Waals surface area (Å²) in [7, 11) is 2.01. The van der Waals surface area contributed by atoms with Crippen molar-refractivity contribution in [2.45, 2.75) is 12.7 Å². The zero-order valence-electron chi connectivity index (χ0n) is 10.5. The lowest BCUT2D eigenvalue weighted by atomic mass is 10.1. The van der Waals surface area contributed by atoms with E-state index in [1.165, 1.54) is 6.20 Å². The third-order valence-electron chi connectivity index (χ3n) is 3.21. The monoisotopic (exact) mass is 337 g/mol. The van der Waals surface area contributed by atoms with Gasteiger partial charge in [0.25, 0.3) is 0 Å². The van der Waals surface area contributed by atoms with Crippen LogP contribution in [-0.2, 0) is 12.7 Å². The first kappa shape index (κ1) is 14.7. The van der Waals surface area contributed by atoms with E-state index < -0.39 is 11.7 Å². The summed E-state index contributed by atoms with van der Waals surface area (Å²) in [4.78, 5) is 8.10.